The third-order valence-corrected chi connectivity index (χ3v) is 5.36. The molecular formula is C14H21NO2S. The van der Waals surface area contributed by atoms with Gasteiger partial charge in [-0.25, -0.2) is 8.42 Å². The molecule has 0 saturated heterocycles. The van der Waals surface area contributed by atoms with Crippen molar-refractivity contribution in [2.45, 2.75) is 50.0 Å². The summed E-state index contributed by atoms with van der Waals surface area (Å²) in [5.74, 6) is 0. The minimum Gasteiger partial charge on any atom is -0.327 e. The van der Waals surface area contributed by atoms with E-state index in [1.165, 1.54) is 11.8 Å². The largest absolute Gasteiger partial charge is 0.327 e. The first-order chi connectivity index (χ1) is 8.18. The Labute approximate surface area is 109 Å². The summed E-state index contributed by atoms with van der Waals surface area (Å²) in [6, 6.07) is 3.64. The highest BCUT2D eigenvalue weighted by Gasteiger charge is 2.48. The summed E-state index contributed by atoms with van der Waals surface area (Å²) in [5.41, 5.74) is 9.42. The maximum Gasteiger partial charge on any atom is 0.175 e. The molecular weight excluding hydrogens is 246 g/mol. The topological polar surface area (TPSA) is 60.2 Å². The van der Waals surface area contributed by atoms with Crippen LogP contribution in [0.2, 0.25) is 0 Å². The van der Waals surface area contributed by atoms with Crippen molar-refractivity contribution in [1.29, 1.82) is 0 Å². The van der Waals surface area contributed by atoms with E-state index in [0.717, 1.165) is 24.0 Å². The van der Waals surface area contributed by atoms with E-state index in [2.05, 4.69) is 6.92 Å². The lowest BCUT2D eigenvalue weighted by Crippen LogP contribution is -2.32. The second-order valence-electron chi connectivity index (χ2n) is 5.63. The summed E-state index contributed by atoms with van der Waals surface area (Å²) < 4.78 is 23.5. The normalized spacial score (nSPS) is 19.6. The van der Waals surface area contributed by atoms with Crippen LogP contribution < -0.4 is 5.73 Å². The van der Waals surface area contributed by atoms with Gasteiger partial charge >= 0.3 is 0 Å². The molecule has 4 heteroatoms. The molecule has 18 heavy (non-hydrogen) atoms. The average molecular weight is 267 g/mol. The van der Waals surface area contributed by atoms with Crippen molar-refractivity contribution in [3.05, 3.63) is 28.8 Å². The van der Waals surface area contributed by atoms with Gasteiger partial charge in [-0.05, 0) is 62.4 Å². The predicted octanol–water partition coefficient (Wildman–Crippen LogP) is 2.09. The van der Waals surface area contributed by atoms with Crippen molar-refractivity contribution in [3.8, 4) is 0 Å². The van der Waals surface area contributed by atoms with E-state index in [1.54, 1.807) is 6.07 Å². The Morgan fingerprint density at radius 3 is 2.22 bits per heavy atom. The molecule has 100 valence electrons. The molecule has 0 aromatic heterocycles. The molecule has 0 radical (unpaired) electrons. The van der Waals surface area contributed by atoms with E-state index in [0.29, 0.717) is 4.90 Å². The number of aryl methyl sites for hydroxylation is 1. The minimum absolute atomic E-state index is 0.00442. The van der Waals surface area contributed by atoms with Crippen molar-refractivity contribution in [3.63, 3.8) is 0 Å². The number of sulfone groups is 1. The van der Waals surface area contributed by atoms with Gasteiger partial charge in [0, 0.05) is 17.7 Å². The Morgan fingerprint density at radius 2 is 1.83 bits per heavy atom. The molecule has 3 nitrogen and oxygen atoms in total. The van der Waals surface area contributed by atoms with Crippen molar-refractivity contribution in [2.75, 3.05) is 6.26 Å². The molecule has 1 fully saturated rings. The molecule has 2 rings (SSSR count). The summed E-state index contributed by atoms with van der Waals surface area (Å²) in [6.45, 7) is 6.03. The first-order valence-corrected chi connectivity index (χ1v) is 8.15. The van der Waals surface area contributed by atoms with Crippen molar-refractivity contribution in [2.24, 2.45) is 5.73 Å². The molecule has 1 saturated carbocycles. The number of hydrogen-bond acceptors (Lipinski definition) is 3. The monoisotopic (exact) mass is 267 g/mol. The maximum absolute atomic E-state index is 11.7. The lowest BCUT2D eigenvalue weighted by Gasteiger charge is -2.24. The summed E-state index contributed by atoms with van der Waals surface area (Å²) >= 11 is 0. The second-order valence-corrected chi connectivity index (χ2v) is 7.65. The lowest BCUT2D eigenvalue weighted by atomic mass is 9.85. The van der Waals surface area contributed by atoms with Gasteiger partial charge in [-0.2, -0.15) is 0 Å². The number of nitrogens with two attached hydrogens (primary N) is 1. The van der Waals surface area contributed by atoms with Gasteiger partial charge in [0.25, 0.3) is 0 Å². The molecule has 0 heterocycles. The third kappa shape index (κ3) is 2.08. The first kappa shape index (κ1) is 13.6. The fourth-order valence-corrected chi connectivity index (χ4v) is 3.38. The van der Waals surface area contributed by atoms with Gasteiger partial charge in [-0.3, -0.25) is 0 Å². The molecule has 0 spiro atoms. The predicted molar refractivity (Wildman–Crippen MR) is 73.6 cm³/mol. The fourth-order valence-electron chi connectivity index (χ4n) is 2.66. The minimum atomic E-state index is -3.16. The molecule has 1 aromatic rings. The standard InChI is InChI=1S/C14H21NO2S/c1-9-7-12(18(4,16)17)8-13(10(9)2)14(5-6-14)11(3)15/h7-8,11H,5-6,15H2,1-4H3. The molecule has 1 aliphatic rings. The highest BCUT2D eigenvalue weighted by molar-refractivity contribution is 7.90. The van der Waals surface area contributed by atoms with Crippen LogP contribution in [0.5, 0.6) is 0 Å². The summed E-state index contributed by atoms with van der Waals surface area (Å²) in [4.78, 5) is 0.410. The molecule has 2 N–H and O–H groups in total. The Kier molecular flexibility index (Phi) is 3.06. The van der Waals surface area contributed by atoms with Crippen LogP contribution in [0.1, 0.15) is 36.5 Å². The zero-order chi connectivity index (χ0) is 13.7. The van der Waals surface area contributed by atoms with Gasteiger partial charge in [0.05, 0.1) is 4.90 Å². The summed E-state index contributed by atoms with van der Waals surface area (Å²) in [6.07, 6.45) is 3.36. The van der Waals surface area contributed by atoms with E-state index < -0.39 is 9.84 Å². The Morgan fingerprint density at radius 1 is 1.28 bits per heavy atom. The zero-order valence-electron chi connectivity index (χ0n) is 11.4. The fraction of sp³-hybridized carbons (Fsp3) is 0.571. The SMILES string of the molecule is Cc1cc(S(C)(=O)=O)cc(C2(C(C)N)CC2)c1C. The number of benzene rings is 1. The summed E-state index contributed by atoms with van der Waals surface area (Å²) in [7, 11) is -3.16. The van der Waals surface area contributed by atoms with E-state index >= 15 is 0 Å². The van der Waals surface area contributed by atoms with Gasteiger partial charge < -0.3 is 5.73 Å². The molecule has 1 aromatic carbocycles. The molecule has 1 atom stereocenters. The first-order valence-electron chi connectivity index (χ1n) is 6.26. The number of rotatable bonds is 3. The molecule has 0 aliphatic heterocycles. The van der Waals surface area contributed by atoms with Crippen LogP contribution in [-0.2, 0) is 15.3 Å². The van der Waals surface area contributed by atoms with Crippen LogP contribution >= 0.6 is 0 Å². The van der Waals surface area contributed by atoms with Crippen LogP contribution in [0.15, 0.2) is 17.0 Å². The van der Waals surface area contributed by atoms with Crippen LogP contribution in [-0.4, -0.2) is 20.7 Å². The lowest BCUT2D eigenvalue weighted by molar-refractivity contribution is 0.551. The van der Waals surface area contributed by atoms with Gasteiger partial charge in [0.15, 0.2) is 9.84 Å². The third-order valence-electron chi connectivity index (χ3n) is 4.27. The van der Waals surface area contributed by atoms with Gasteiger partial charge in [0.2, 0.25) is 0 Å². The molecule has 1 unspecified atom stereocenters. The van der Waals surface area contributed by atoms with E-state index in [1.807, 2.05) is 19.9 Å². The van der Waals surface area contributed by atoms with E-state index in [-0.39, 0.29) is 11.5 Å². The van der Waals surface area contributed by atoms with Crippen LogP contribution in [0.4, 0.5) is 0 Å². The van der Waals surface area contributed by atoms with Gasteiger partial charge in [0.1, 0.15) is 0 Å². The molecule has 0 bridgehead atoms. The molecule has 0 amide bonds. The van der Waals surface area contributed by atoms with E-state index in [9.17, 15) is 8.42 Å². The van der Waals surface area contributed by atoms with Crippen molar-refractivity contribution >= 4 is 9.84 Å². The van der Waals surface area contributed by atoms with Crippen LogP contribution in [0.25, 0.3) is 0 Å². The van der Waals surface area contributed by atoms with Gasteiger partial charge in [-0.1, -0.05) is 0 Å². The maximum atomic E-state index is 11.7. The van der Waals surface area contributed by atoms with Crippen molar-refractivity contribution < 1.29 is 8.42 Å². The van der Waals surface area contributed by atoms with Crippen molar-refractivity contribution in [1.82, 2.24) is 0 Å². The van der Waals surface area contributed by atoms with E-state index in [4.69, 9.17) is 5.73 Å². The average Bonchev–Trinajstić information content (AvgIpc) is 3.01. The highest BCUT2D eigenvalue weighted by atomic mass is 32.2. The highest BCUT2D eigenvalue weighted by Crippen LogP contribution is 2.52. The smallest absolute Gasteiger partial charge is 0.175 e. The van der Waals surface area contributed by atoms with Crippen LogP contribution in [0.3, 0.4) is 0 Å². The second kappa shape index (κ2) is 4.07. The Balaban J connectivity index is 2.65. The molecule has 1 aliphatic carbocycles. The van der Waals surface area contributed by atoms with Gasteiger partial charge in [-0.15, -0.1) is 0 Å². The summed E-state index contributed by atoms with van der Waals surface area (Å²) in [5, 5.41) is 0. The number of hydrogen-bond donors (Lipinski definition) is 1. The Hall–Kier alpha value is -0.870. The zero-order valence-corrected chi connectivity index (χ0v) is 12.3. The Bertz CT molecular complexity index is 584. The van der Waals surface area contributed by atoms with Crippen LogP contribution in [0, 0.1) is 13.8 Å². The quantitative estimate of drug-likeness (QED) is 0.912.